The fourth-order valence-electron chi connectivity index (χ4n) is 1.30. The van der Waals surface area contributed by atoms with Crippen molar-refractivity contribution in [3.05, 3.63) is 0 Å². The Labute approximate surface area is 65.2 Å². The van der Waals surface area contributed by atoms with Gasteiger partial charge in [0, 0.05) is 0 Å². The van der Waals surface area contributed by atoms with Crippen molar-refractivity contribution in [1.82, 2.24) is 5.32 Å². The Balaban J connectivity index is 0.000000371. The predicted molar refractivity (Wildman–Crippen MR) is 47.2 cm³/mol. The van der Waals surface area contributed by atoms with Crippen LogP contribution in [0.25, 0.3) is 0 Å². The molecule has 0 aliphatic heterocycles. The molecule has 1 fully saturated rings. The van der Waals surface area contributed by atoms with Gasteiger partial charge in [-0.25, -0.2) is 0 Å². The zero-order valence-electron chi connectivity index (χ0n) is 7.78. The van der Waals surface area contributed by atoms with Crippen LogP contribution in [-0.4, -0.2) is 13.6 Å². The third kappa shape index (κ3) is 2.70. The second kappa shape index (κ2) is 5.72. The Kier molecular flexibility index (Phi) is 5.70. The smallest absolute Gasteiger partial charge is 0.00210 e. The number of hydrogen-bond donors (Lipinski definition) is 1. The summed E-state index contributed by atoms with van der Waals surface area (Å²) in [5, 5.41) is 3.20. The highest BCUT2D eigenvalue weighted by Crippen LogP contribution is 2.32. The summed E-state index contributed by atoms with van der Waals surface area (Å²) in [5.41, 5.74) is 0. The molecule has 0 bridgehead atoms. The molecular weight excluding hydrogens is 122 g/mol. The highest BCUT2D eigenvalue weighted by Gasteiger charge is 2.25. The molecule has 0 amide bonds. The second-order valence-electron chi connectivity index (χ2n) is 2.87. The van der Waals surface area contributed by atoms with Crippen LogP contribution in [0.5, 0.6) is 0 Å². The summed E-state index contributed by atoms with van der Waals surface area (Å²) in [4.78, 5) is 0. The number of rotatable bonds is 2. The van der Waals surface area contributed by atoms with Crippen LogP contribution in [0.4, 0.5) is 0 Å². The summed E-state index contributed by atoms with van der Waals surface area (Å²) in [6, 6.07) is 0. The standard InChI is InChI=1S/C7H15N.C2H6/c1-6-3-4-7(6)5-8-2;1-2/h6-8H,3-5H2,1-2H3;1-2H3. The maximum absolute atomic E-state index is 3.20. The van der Waals surface area contributed by atoms with Crippen molar-refractivity contribution in [2.45, 2.75) is 33.6 Å². The number of nitrogens with one attached hydrogen (secondary N) is 1. The average Bonchev–Trinajstić information content (AvgIpc) is 2.01. The van der Waals surface area contributed by atoms with Crippen LogP contribution >= 0.6 is 0 Å². The maximum Gasteiger partial charge on any atom is -0.00210 e. The van der Waals surface area contributed by atoms with Crippen molar-refractivity contribution in [3.8, 4) is 0 Å². The van der Waals surface area contributed by atoms with Gasteiger partial charge >= 0.3 is 0 Å². The molecule has 1 heteroatoms. The van der Waals surface area contributed by atoms with Crippen molar-refractivity contribution < 1.29 is 0 Å². The molecule has 1 nitrogen and oxygen atoms in total. The van der Waals surface area contributed by atoms with E-state index in [1.54, 1.807) is 0 Å². The van der Waals surface area contributed by atoms with Crippen LogP contribution in [-0.2, 0) is 0 Å². The van der Waals surface area contributed by atoms with E-state index in [0.29, 0.717) is 0 Å². The van der Waals surface area contributed by atoms with Crippen LogP contribution in [0, 0.1) is 11.8 Å². The highest BCUT2D eigenvalue weighted by molar-refractivity contribution is 4.77. The minimum atomic E-state index is 0.986. The minimum Gasteiger partial charge on any atom is -0.319 e. The van der Waals surface area contributed by atoms with Gasteiger partial charge in [0.2, 0.25) is 0 Å². The van der Waals surface area contributed by atoms with Gasteiger partial charge in [0.05, 0.1) is 0 Å². The molecule has 62 valence electrons. The zero-order chi connectivity index (χ0) is 7.98. The van der Waals surface area contributed by atoms with Gasteiger partial charge in [-0.1, -0.05) is 27.2 Å². The maximum atomic E-state index is 3.20. The molecule has 1 N–H and O–H groups in total. The van der Waals surface area contributed by atoms with Gasteiger partial charge in [0.25, 0.3) is 0 Å². The number of hydrogen-bond acceptors (Lipinski definition) is 1. The summed E-state index contributed by atoms with van der Waals surface area (Å²) in [6.45, 7) is 7.56. The van der Waals surface area contributed by atoms with Crippen molar-refractivity contribution >= 4 is 0 Å². The molecule has 1 saturated carbocycles. The van der Waals surface area contributed by atoms with Gasteiger partial charge in [-0.2, -0.15) is 0 Å². The quantitative estimate of drug-likeness (QED) is 0.625. The summed E-state index contributed by atoms with van der Waals surface area (Å²) in [6.07, 6.45) is 2.90. The molecule has 0 aromatic rings. The SMILES string of the molecule is CC.CNCC1CCC1C. The summed E-state index contributed by atoms with van der Waals surface area (Å²) in [7, 11) is 2.03. The minimum absolute atomic E-state index is 0.986. The largest absolute Gasteiger partial charge is 0.319 e. The van der Waals surface area contributed by atoms with E-state index < -0.39 is 0 Å². The van der Waals surface area contributed by atoms with Gasteiger partial charge < -0.3 is 5.32 Å². The summed E-state index contributed by atoms with van der Waals surface area (Å²) >= 11 is 0. The first-order chi connectivity index (χ1) is 4.84. The lowest BCUT2D eigenvalue weighted by atomic mass is 9.75. The van der Waals surface area contributed by atoms with E-state index in [1.165, 1.54) is 19.4 Å². The van der Waals surface area contributed by atoms with E-state index in [0.717, 1.165) is 11.8 Å². The van der Waals surface area contributed by atoms with Gasteiger partial charge in [0.15, 0.2) is 0 Å². The molecule has 1 rings (SSSR count). The molecular formula is C9H21N. The lowest BCUT2D eigenvalue weighted by Gasteiger charge is -2.33. The van der Waals surface area contributed by atoms with Crippen molar-refractivity contribution in [3.63, 3.8) is 0 Å². The van der Waals surface area contributed by atoms with E-state index in [1.807, 2.05) is 20.9 Å². The molecule has 2 atom stereocenters. The molecule has 0 heterocycles. The molecule has 1 aliphatic carbocycles. The van der Waals surface area contributed by atoms with Crippen molar-refractivity contribution in [2.75, 3.05) is 13.6 Å². The van der Waals surface area contributed by atoms with Crippen LogP contribution in [0.3, 0.4) is 0 Å². The van der Waals surface area contributed by atoms with E-state index >= 15 is 0 Å². The third-order valence-corrected chi connectivity index (χ3v) is 2.26. The molecule has 0 saturated heterocycles. The lowest BCUT2D eigenvalue weighted by molar-refractivity contribution is 0.195. The lowest BCUT2D eigenvalue weighted by Crippen LogP contribution is -2.31. The summed E-state index contributed by atoms with van der Waals surface area (Å²) in [5.74, 6) is 1.97. The van der Waals surface area contributed by atoms with Gasteiger partial charge in [0.1, 0.15) is 0 Å². The average molecular weight is 143 g/mol. The first-order valence-electron chi connectivity index (χ1n) is 4.49. The van der Waals surface area contributed by atoms with Crippen LogP contribution in [0.2, 0.25) is 0 Å². The molecule has 10 heavy (non-hydrogen) atoms. The van der Waals surface area contributed by atoms with Crippen molar-refractivity contribution in [1.29, 1.82) is 0 Å². The Bertz CT molecular complexity index is 71.1. The van der Waals surface area contributed by atoms with E-state index in [9.17, 15) is 0 Å². The molecule has 2 unspecified atom stereocenters. The first kappa shape index (κ1) is 9.96. The van der Waals surface area contributed by atoms with E-state index in [4.69, 9.17) is 0 Å². The molecule has 0 spiro atoms. The molecule has 0 radical (unpaired) electrons. The van der Waals surface area contributed by atoms with Crippen molar-refractivity contribution in [2.24, 2.45) is 11.8 Å². The fraction of sp³-hybridized carbons (Fsp3) is 1.00. The van der Waals surface area contributed by atoms with Gasteiger partial charge in [-0.15, -0.1) is 0 Å². The Morgan fingerprint density at radius 1 is 1.30 bits per heavy atom. The van der Waals surface area contributed by atoms with Crippen LogP contribution in [0.15, 0.2) is 0 Å². The molecule has 1 aliphatic rings. The summed E-state index contributed by atoms with van der Waals surface area (Å²) < 4.78 is 0. The normalized spacial score (nSPS) is 30.0. The van der Waals surface area contributed by atoms with Crippen LogP contribution in [0.1, 0.15) is 33.6 Å². The predicted octanol–water partition coefficient (Wildman–Crippen LogP) is 2.28. The third-order valence-electron chi connectivity index (χ3n) is 2.26. The van der Waals surface area contributed by atoms with E-state index in [2.05, 4.69) is 12.2 Å². The monoisotopic (exact) mass is 143 g/mol. The van der Waals surface area contributed by atoms with Gasteiger partial charge in [-0.3, -0.25) is 0 Å². The molecule has 0 aromatic heterocycles. The van der Waals surface area contributed by atoms with Crippen LogP contribution < -0.4 is 5.32 Å². The second-order valence-corrected chi connectivity index (χ2v) is 2.87. The first-order valence-corrected chi connectivity index (χ1v) is 4.49. The van der Waals surface area contributed by atoms with Gasteiger partial charge in [-0.05, 0) is 31.8 Å². The fourth-order valence-corrected chi connectivity index (χ4v) is 1.30. The Morgan fingerprint density at radius 2 is 1.90 bits per heavy atom. The Hall–Kier alpha value is -0.0400. The Morgan fingerprint density at radius 3 is 2.00 bits per heavy atom. The highest BCUT2D eigenvalue weighted by atomic mass is 14.8. The molecule has 0 aromatic carbocycles. The zero-order valence-corrected chi connectivity index (χ0v) is 7.78. The van der Waals surface area contributed by atoms with E-state index in [-0.39, 0.29) is 0 Å². The topological polar surface area (TPSA) is 12.0 Å².